The molecule has 0 amide bonds. The summed E-state index contributed by atoms with van der Waals surface area (Å²) in [7, 11) is 0. The third kappa shape index (κ3) is 4.69. The molecule has 0 saturated carbocycles. The number of ether oxygens (including phenoxy) is 1. The molecule has 4 nitrogen and oxygen atoms in total. The molecule has 2 aromatic carbocycles. The zero-order chi connectivity index (χ0) is 16.2. The van der Waals surface area contributed by atoms with Crippen molar-refractivity contribution in [3.05, 3.63) is 59.7 Å². The molecule has 0 atom stereocenters. The van der Waals surface area contributed by atoms with Crippen molar-refractivity contribution in [2.75, 3.05) is 5.32 Å². The number of benzene rings is 2. The van der Waals surface area contributed by atoms with Gasteiger partial charge in [-0.1, -0.05) is 12.1 Å². The lowest BCUT2D eigenvalue weighted by Gasteiger charge is -2.10. The van der Waals surface area contributed by atoms with E-state index in [0.717, 1.165) is 5.56 Å². The lowest BCUT2D eigenvalue weighted by molar-refractivity contribution is -0.274. The largest absolute Gasteiger partial charge is 0.573 e. The molecule has 2 aromatic rings. The predicted molar refractivity (Wildman–Crippen MR) is 73.9 cm³/mol. The second-order valence-electron chi connectivity index (χ2n) is 4.43. The highest BCUT2D eigenvalue weighted by Gasteiger charge is 2.30. The standard InChI is InChI=1S/C15H12F3NO3/c16-15(17,18)22-13-7-5-12(6-8-13)19-9-10-1-3-11(4-2-10)14(20)21/h1-8,19H,9H2,(H,20,21). The van der Waals surface area contributed by atoms with Gasteiger partial charge in [0.1, 0.15) is 5.75 Å². The third-order valence-electron chi connectivity index (χ3n) is 2.79. The maximum atomic E-state index is 12.0. The number of aromatic carboxylic acids is 1. The topological polar surface area (TPSA) is 58.6 Å². The van der Waals surface area contributed by atoms with E-state index < -0.39 is 12.3 Å². The number of alkyl halides is 3. The number of hydrogen-bond acceptors (Lipinski definition) is 3. The molecule has 0 fully saturated rings. The van der Waals surface area contributed by atoms with Crippen LogP contribution in [0.5, 0.6) is 5.75 Å². The number of rotatable bonds is 5. The summed E-state index contributed by atoms with van der Waals surface area (Å²) >= 11 is 0. The minimum atomic E-state index is -4.71. The highest BCUT2D eigenvalue weighted by atomic mass is 19.4. The number of hydrogen-bond donors (Lipinski definition) is 2. The Kier molecular flexibility index (Phi) is 4.55. The lowest BCUT2D eigenvalue weighted by atomic mass is 10.1. The maximum absolute atomic E-state index is 12.0. The SMILES string of the molecule is O=C(O)c1ccc(CNc2ccc(OC(F)(F)F)cc2)cc1. The molecule has 22 heavy (non-hydrogen) atoms. The number of nitrogens with one attached hydrogen (secondary N) is 1. The molecule has 7 heteroatoms. The van der Waals surface area contributed by atoms with Gasteiger partial charge in [0.15, 0.2) is 0 Å². The molecular formula is C15H12F3NO3. The highest BCUT2D eigenvalue weighted by Crippen LogP contribution is 2.24. The fourth-order valence-electron chi connectivity index (χ4n) is 1.74. The molecule has 0 radical (unpaired) electrons. The molecule has 0 saturated heterocycles. The van der Waals surface area contributed by atoms with Gasteiger partial charge in [-0.2, -0.15) is 0 Å². The van der Waals surface area contributed by atoms with Crippen LogP contribution in [-0.4, -0.2) is 17.4 Å². The molecule has 0 aliphatic heterocycles. The van der Waals surface area contributed by atoms with E-state index in [1.54, 1.807) is 12.1 Å². The molecule has 0 aliphatic carbocycles. The minimum Gasteiger partial charge on any atom is -0.478 e. The summed E-state index contributed by atoms with van der Waals surface area (Å²) in [5.41, 5.74) is 1.66. The van der Waals surface area contributed by atoms with Crippen molar-refractivity contribution in [3.63, 3.8) is 0 Å². The van der Waals surface area contributed by atoms with Gasteiger partial charge in [-0.3, -0.25) is 0 Å². The van der Waals surface area contributed by atoms with Gasteiger partial charge in [-0.25, -0.2) is 4.79 Å². The zero-order valence-electron chi connectivity index (χ0n) is 11.2. The van der Waals surface area contributed by atoms with Crippen LogP contribution in [0.4, 0.5) is 18.9 Å². The van der Waals surface area contributed by atoms with Gasteiger partial charge in [-0.15, -0.1) is 13.2 Å². The summed E-state index contributed by atoms with van der Waals surface area (Å²) in [5.74, 6) is -1.29. The Bertz CT molecular complexity index is 637. The summed E-state index contributed by atoms with van der Waals surface area (Å²) < 4.78 is 39.8. The predicted octanol–water partition coefficient (Wildman–Crippen LogP) is 3.90. The average molecular weight is 311 g/mol. The summed E-state index contributed by atoms with van der Waals surface area (Å²) in [4.78, 5) is 10.7. The molecule has 0 unspecified atom stereocenters. The zero-order valence-corrected chi connectivity index (χ0v) is 11.2. The van der Waals surface area contributed by atoms with E-state index in [9.17, 15) is 18.0 Å². The van der Waals surface area contributed by atoms with Gasteiger partial charge in [0.2, 0.25) is 0 Å². The molecule has 0 spiro atoms. The van der Waals surface area contributed by atoms with Gasteiger partial charge in [-0.05, 0) is 42.0 Å². The van der Waals surface area contributed by atoms with Crippen LogP contribution >= 0.6 is 0 Å². The van der Waals surface area contributed by atoms with Gasteiger partial charge < -0.3 is 15.2 Å². The van der Waals surface area contributed by atoms with Crippen LogP contribution < -0.4 is 10.1 Å². The first-order valence-corrected chi connectivity index (χ1v) is 6.25. The fraction of sp³-hybridized carbons (Fsp3) is 0.133. The number of anilines is 1. The van der Waals surface area contributed by atoms with Crippen LogP contribution in [0.15, 0.2) is 48.5 Å². The third-order valence-corrected chi connectivity index (χ3v) is 2.79. The van der Waals surface area contributed by atoms with Crippen LogP contribution in [0.25, 0.3) is 0 Å². The van der Waals surface area contributed by atoms with E-state index >= 15 is 0 Å². The van der Waals surface area contributed by atoms with E-state index in [4.69, 9.17) is 5.11 Å². The highest BCUT2D eigenvalue weighted by molar-refractivity contribution is 5.87. The van der Waals surface area contributed by atoms with E-state index in [-0.39, 0.29) is 11.3 Å². The summed E-state index contributed by atoms with van der Waals surface area (Å²) in [6, 6.07) is 11.7. The van der Waals surface area contributed by atoms with Crippen molar-refractivity contribution in [1.29, 1.82) is 0 Å². The Morgan fingerprint density at radius 1 is 1.05 bits per heavy atom. The average Bonchev–Trinajstić information content (AvgIpc) is 2.45. The maximum Gasteiger partial charge on any atom is 0.573 e. The Hall–Kier alpha value is -2.70. The smallest absolute Gasteiger partial charge is 0.478 e. The second-order valence-corrected chi connectivity index (χ2v) is 4.43. The van der Waals surface area contributed by atoms with Crippen molar-refractivity contribution < 1.29 is 27.8 Å². The second kappa shape index (κ2) is 6.38. The Morgan fingerprint density at radius 3 is 2.14 bits per heavy atom. The van der Waals surface area contributed by atoms with E-state index in [1.807, 2.05) is 0 Å². The van der Waals surface area contributed by atoms with Crippen LogP contribution in [-0.2, 0) is 6.54 Å². The first kappa shape index (κ1) is 15.7. The molecule has 0 heterocycles. The molecule has 116 valence electrons. The number of halogens is 3. The van der Waals surface area contributed by atoms with E-state index in [0.29, 0.717) is 12.2 Å². The quantitative estimate of drug-likeness (QED) is 0.879. The van der Waals surface area contributed by atoms with Crippen molar-refractivity contribution in [1.82, 2.24) is 0 Å². The summed E-state index contributed by atoms with van der Waals surface area (Å²) in [6.07, 6.45) is -4.71. The van der Waals surface area contributed by atoms with Crippen LogP contribution in [0.1, 0.15) is 15.9 Å². The Labute approximate surface area is 124 Å². The van der Waals surface area contributed by atoms with Gasteiger partial charge >= 0.3 is 12.3 Å². The first-order valence-electron chi connectivity index (χ1n) is 6.25. The molecule has 2 N–H and O–H groups in total. The van der Waals surface area contributed by atoms with Crippen LogP contribution in [0.3, 0.4) is 0 Å². The molecule has 0 aliphatic rings. The van der Waals surface area contributed by atoms with Crippen molar-refractivity contribution in [3.8, 4) is 5.75 Å². The summed E-state index contributed by atoms with van der Waals surface area (Å²) in [6.45, 7) is 0.416. The summed E-state index contributed by atoms with van der Waals surface area (Å²) in [5, 5.41) is 11.8. The van der Waals surface area contributed by atoms with Gasteiger partial charge in [0.05, 0.1) is 5.56 Å². The first-order chi connectivity index (χ1) is 10.3. The Balaban J connectivity index is 1.92. The Morgan fingerprint density at radius 2 is 1.64 bits per heavy atom. The van der Waals surface area contributed by atoms with Crippen molar-refractivity contribution >= 4 is 11.7 Å². The lowest BCUT2D eigenvalue weighted by Crippen LogP contribution is -2.17. The van der Waals surface area contributed by atoms with Crippen molar-refractivity contribution in [2.45, 2.75) is 12.9 Å². The van der Waals surface area contributed by atoms with E-state index in [2.05, 4.69) is 10.1 Å². The molecule has 0 bridgehead atoms. The van der Waals surface area contributed by atoms with Crippen molar-refractivity contribution in [2.24, 2.45) is 0 Å². The fourth-order valence-corrected chi connectivity index (χ4v) is 1.74. The minimum absolute atomic E-state index is 0.192. The monoisotopic (exact) mass is 311 g/mol. The van der Waals surface area contributed by atoms with Gasteiger partial charge in [0, 0.05) is 12.2 Å². The number of carbonyl (C=O) groups is 1. The number of carboxylic acid groups (broad SMARTS) is 1. The van der Waals surface area contributed by atoms with E-state index in [1.165, 1.54) is 36.4 Å². The van der Waals surface area contributed by atoms with Crippen LogP contribution in [0, 0.1) is 0 Å². The molecular weight excluding hydrogens is 299 g/mol. The number of carboxylic acids is 1. The molecule has 0 aromatic heterocycles. The normalized spacial score (nSPS) is 11.0. The molecule has 2 rings (SSSR count). The van der Waals surface area contributed by atoms with Gasteiger partial charge in [0.25, 0.3) is 0 Å². The van der Waals surface area contributed by atoms with Crippen LogP contribution in [0.2, 0.25) is 0 Å².